The van der Waals surface area contributed by atoms with Crippen molar-refractivity contribution in [1.82, 2.24) is 4.98 Å². The van der Waals surface area contributed by atoms with Crippen LogP contribution in [0.15, 0.2) is 40.8 Å². The smallest absolute Gasteiger partial charge is 0.224 e. The maximum Gasteiger partial charge on any atom is 0.224 e. The van der Waals surface area contributed by atoms with E-state index in [-0.39, 0.29) is 5.91 Å². The number of hydrogen-bond acceptors (Lipinski definition) is 5. The molecule has 0 atom stereocenters. The first-order valence-electron chi connectivity index (χ1n) is 8.23. The van der Waals surface area contributed by atoms with Gasteiger partial charge in [-0.2, -0.15) is 0 Å². The molecular weight excluding hydrogens is 320 g/mol. The molecule has 0 fully saturated rings. The van der Waals surface area contributed by atoms with Gasteiger partial charge in [-0.1, -0.05) is 6.07 Å². The molecule has 0 saturated heterocycles. The molecule has 0 spiro atoms. The quantitative estimate of drug-likeness (QED) is 0.788. The van der Waals surface area contributed by atoms with Crippen molar-refractivity contribution in [3.05, 3.63) is 47.9 Å². The van der Waals surface area contributed by atoms with E-state index < -0.39 is 0 Å². The van der Waals surface area contributed by atoms with Gasteiger partial charge in [0.05, 0.1) is 0 Å². The van der Waals surface area contributed by atoms with Crippen LogP contribution in [0.4, 0.5) is 5.69 Å². The van der Waals surface area contributed by atoms with E-state index in [0.29, 0.717) is 49.1 Å². The van der Waals surface area contributed by atoms with E-state index in [1.807, 2.05) is 37.3 Å². The first kappa shape index (κ1) is 15.5. The van der Waals surface area contributed by atoms with Gasteiger partial charge in [-0.05, 0) is 36.2 Å². The average Bonchev–Trinajstić information content (AvgIpc) is 2.99. The second kappa shape index (κ2) is 6.47. The van der Waals surface area contributed by atoms with E-state index >= 15 is 0 Å². The van der Waals surface area contributed by atoms with Crippen LogP contribution in [-0.4, -0.2) is 24.1 Å². The lowest BCUT2D eigenvalue weighted by Crippen LogP contribution is -2.16. The zero-order chi connectivity index (χ0) is 17.2. The van der Waals surface area contributed by atoms with Crippen LogP contribution in [0.5, 0.6) is 11.5 Å². The van der Waals surface area contributed by atoms with Crippen LogP contribution in [0.3, 0.4) is 0 Å². The van der Waals surface area contributed by atoms with Crippen LogP contribution >= 0.6 is 0 Å². The van der Waals surface area contributed by atoms with E-state index in [9.17, 15) is 4.79 Å². The third kappa shape index (κ3) is 3.42. The van der Waals surface area contributed by atoms with Crippen LogP contribution in [0.1, 0.15) is 17.9 Å². The highest BCUT2D eigenvalue weighted by Gasteiger charge is 2.13. The van der Waals surface area contributed by atoms with Crippen molar-refractivity contribution in [3.8, 4) is 11.5 Å². The Bertz CT molecular complexity index is 932. The Labute approximate surface area is 144 Å². The Morgan fingerprint density at radius 2 is 1.96 bits per heavy atom. The highest BCUT2D eigenvalue weighted by Crippen LogP contribution is 2.32. The standard InChI is InChI=1S/C19H18N2O4/c1-12-20-15-10-13(2-5-16(15)25-12)3-7-19(22)21-14-4-6-17-18(11-14)24-9-8-23-17/h2,4-6,10-11H,3,7-9H2,1H3,(H,21,22). The number of carbonyl (C=O) groups is 1. The first-order valence-corrected chi connectivity index (χ1v) is 8.23. The summed E-state index contributed by atoms with van der Waals surface area (Å²) in [5.41, 5.74) is 3.35. The van der Waals surface area contributed by atoms with Gasteiger partial charge in [0.2, 0.25) is 5.91 Å². The van der Waals surface area contributed by atoms with Crippen molar-refractivity contribution in [2.24, 2.45) is 0 Å². The summed E-state index contributed by atoms with van der Waals surface area (Å²) in [6.45, 7) is 2.89. The van der Waals surface area contributed by atoms with Gasteiger partial charge in [0.1, 0.15) is 18.7 Å². The van der Waals surface area contributed by atoms with Gasteiger partial charge >= 0.3 is 0 Å². The van der Waals surface area contributed by atoms with Crippen LogP contribution in [-0.2, 0) is 11.2 Å². The molecule has 1 aromatic heterocycles. The fraction of sp³-hybridized carbons (Fsp3) is 0.263. The Morgan fingerprint density at radius 3 is 2.84 bits per heavy atom. The van der Waals surface area contributed by atoms with Gasteiger partial charge in [-0.15, -0.1) is 0 Å². The molecule has 1 amide bonds. The molecule has 1 aliphatic rings. The van der Waals surface area contributed by atoms with Crippen molar-refractivity contribution in [2.75, 3.05) is 18.5 Å². The molecule has 3 aromatic rings. The van der Waals surface area contributed by atoms with Gasteiger partial charge in [-0.25, -0.2) is 4.98 Å². The van der Waals surface area contributed by atoms with Gasteiger partial charge in [0.15, 0.2) is 23.0 Å². The van der Waals surface area contributed by atoms with Gasteiger partial charge in [-0.3, -0.25) is 4.79 Å². The van der Waals surface area contributed by atoms with Crippen LogP contribution in [0, 0.1) is 6.92 Å². The van der Waals surface area contributed by atoms with Gasteiger partial charge < -0.3 is 19.2 Å². The summed E-state index contributed by atoms with van der Waals surface area (Å²) in [5, 5.41) is 2.89. The topological polar surface area (TPSA) is 73.6 Å². The van der Waals surface area contributed by atoms with Crippen molar-refractivity contribution in [1.29, 1.82) is 0 Å². The van der Waals surface area contributed by atoms with E-state index in [4.69, 9.17) is 13.9 Å². The maximum absolute atomic E-state index is 12.2. The number of nitrogens with one attached hydrogen (secondary N) is 1. The molecule has 0 saturated carbocycles. The molecule has 25 heavy (non-hydrogen) atoms. The normalized spacial score (nSPS) is 13.0. The summed E-state index contributed by atoms with van der Waals surface area (Å²) < 4.78 is 16.5. The van der Waals surface area contributed by atoms with Crippen molar-refractivity contribution in [3.63, 3.8) is 0 Å². The minimum Gasteiger partial charge on any atom is -0.486 e. The molecule has 0 unspecified atom stereocenters. The minimum absolute atomic E-state index is 0.0480. The van der Waals surface area contributed by atoms with E-state index in [2.05, 4.69) is 10.3 Å². The van der Waals surface area contributed by atoms with Crippen molar-refractivity contribution < 1.29 is 18.7 Å². The molecule has 0 radical (unpaired) electrons. The lowest BCUT2D eigenvalue weighted by atomic mass is 10.1. The lowest BCUT2D eigenvalue weighted by Gasteiger charge is -2.19. The summed E-state index contributed by atoms with van der Waals surface area (Å²) >= 11 is 0. The summed E-state index contributed by atoms with van der Waals surface area (Å²) in [5.74, 6) is 1.97. The largest absolute Gasteiger partial charge is 0.486 e. The van der Waals surface area contributed by atoms with Gasteiger partial charge in [0, 0.05) is 25.1 Å². The number of benzene rings is 2. The molecule has 0 bridgehead atoms. The number of rotatable bonds is 4. The maximum atomic E-state index is 12.2. The number of anilines is 1. The van der Waals surface area contributed by atoms with Gasteiger partial charge in [0.25, 0.3) is 0 Å². The third-order valence-corrected chi connectivity index (χ3v) is 4.03. The first-order chi connectivity index (χ1) is 12.2. The molecule has 2 aromatic carbocycles. The second-order valence-electron chi connectivity index (χ2n) is 5.94. The summed E-state index contributed by atoms with van der Waals surface area (Å²) in [6.07, 6.45) is 1.02. The second-order valence-corrected chi connectivity index (χ2v) is 5.94. The average molecular weight is 338 g/mol. The van der Waals surface area contributed by atoms with Crippen molar-refractivity contribution >= 4 is 22.7 Å². The Morgan fingerprint density at radius 1 is 1.12 bits per heavy atom. The zero-order valence-electron chi connectivity index (χ0n) is 13.9. The number of amides is 1. The summed E-state index contributed by atoms with van der Waals surface area (Å²) in [4.78, 5) is 16.5. The van der Waals surface area contributed by atoms with Crippen LogP contribution in [0.25, 0.3) is 11.1 Å². The van der Waals surface area contributed by atoms with Crippen LogP contribution < -0.4 is 14.8 Å². The molecular formula is C19H18N2O4. The number of hydrogen-bond donors (Lipinski definition) is 1. The van der Waals surface area contributed by atoms with E-state index in [1.165, 1.54) is 0 Å². The molecule has 0 aliphatic carbocycles. The Hall–Kier alpha value is -3.02. The van der Waals surface area contributed by atoms with Crippen LogP contribution in [0.2, 0.25) is 0 Å². The predicted octanol–water partition coefficient (Wildman–Crippen LogP) is 3.48. The molecule has 4 rings (SSSR count). The zero-order valence-corrected chi connectivity index (χ0v) is 13.9. The number of carbonyl (C=O) groups excluding carboxylic acids is 1. The summed E-state index contributed by atoms with van der Waals surface area (Å²) in [7, 11) is 0. The number of aryl methyl sites for hydroxylation is 2. The monoisotopic (exact) mass is 338 g/mol. The highest BCUT2D eigenvalue weighted by molar-refractivity contribution is 5.91. The highest BCUT2D eigenvalue weighted by atomic mass is 16.6. The van der Waals surface area contributed by atoms with E-state index in [0.717, 1.165) is 16.7 Å². The summed E-state index contributed by atoms with van der Waals surface area (Å²) in [6, 6.07) is 11.2. The minimum atomic E-state index is -0.0480. The molecule has 1 aliphatic heterocycles. The number of fused-ring (bicyclic) bond motifs is 2. The lowest BCUT2D eigenvalue weighted by molar-refractivity contribution is -0.116. The Kier molecular flexibility index (Phi) is 4.01. The molecule has 6 nitrogen and oxygen atoms in total. The SMILES string of the molecule is Cc1nc2cc(CCC(=O)Nc3ccc4c(c3)OCCO4)ccc2o1. The predicted molar refractivity (Wildman–Crippen MR) is 93.1 cm³/mol. The number of oxazole rings is 1. The molecule has 128 valence electrons. The fourth-order valence-electron chi connectivity index (χ4n) is 2.85. The Balaban J connectivity index is 1.38. The number of ether oxygens (including phenoxy) is 2. The third-order valence-electron chi connectivity index (χ3n) is 4.03. The molecule has 1 N–H and O–H groups in total. The molecule has 2 heterocycles. The van der Waals surface area contributed by atoms with E-state index in [1.54, 1.807) is 6.07 Å². The number of aromatic nitrogens is 1. The number of nitrogens with zero attached hydrogens (tertiary/aromatic N) is 1. The fourth-order valence-corrected chi connectivity index (χ4v) is 2.85. The van der Waals surface area contributed by atoms with Crippen molar-refractivity contribution in [2.45, 2.75) is 19.8 Å². The molecule has 6 heteroatoms.